The van der Waals surface area contributed by atoms with Gasteiger partial charge in [0.25, 0.3) is 5.91 Å². The van der Waals surface area contributed by atoms with Crippen LogP contribution in [-0.2, 0) is 28.8 Å². The number of methoxy groups -OCH3 is 1. The van der Waals surface area contributed by atoms with E-state index in [-0.39, 0.29) is 5.57 Å². The van der Waals surface area contributed by atoms with Crippen LogP contribution in [0.1, 0.15) is 42.0 Å². The number of carbonyl (C=O) groups is 1. The number of nitrogens with one attached hydrogen (secondary N) is 1. The number of amides is 1. The molecule has 0 aliphatic heterocycles. The van der Waals surface area contributed by atoms with Gasteiger partial charge < -0.3 is 19.5 Å². The molecule has 2 aromatic rings. The smallest absolute Gasteiger partial charge is 0.386 e. The van der Waals surface area contributed by atoms with Gasteiger partial charge in [0.1, 0.15) is 6.26 Å². The van der Waals surface area contributed by atoms with Crippen molar-refractivity contribution in [2.75, 3.05) is 20.3 Å². The molecule has 0 aromatic heterocycles. The molecule has 0 fully saturated rings. The maximum absolute atomic E-state index is 12.8. The normalized spacial score (nSPS) is 13.5. The van der Waals surface area contributed by atoms with E-state index in [1.54, 1.807) is 13.2 Å². The Kier molecular flexibility index (Phi) is 8.48. The number of rotatable bonds is 10. The van der Waals surface area contributed by atoms with Crippen LogP contribution < -0.4 is 14.8 Å². The summed E-state index contributed by atoms with van der Waals surface area (Å²) in [5, 5.41) is 2.81. The third kappa shape index (κ3) is 6.22. The predicted octanol–water partition coefficient (Wildman–Crippen LogP) is 4.91. The summed E-state index contributed by atoms with van der Waals surface area (Å²) in [5.41, 5.74) is 4.02. The first-order valence-electron chi connectivity index (χ1n) is 10.9. The van der Waals surface area contributed by atoms with E-state index in [0.29, 0.717) is 36.6 Å². The highest BCUT2D eigenvalue weighted by Crippen LogP contribution is 2.28. The van der Waals surface area contributed by atoms with Gasteiger partial charge in [-0.1, -0.05) is 24.3 Å². The minimum Gasteiger partial charge on any atom is -0.493 e. The zero-order valence-electron chi connectivity index (χ0n) is 18.5. The minimum absolute atomic E-state index is 0.0861. The molecule has 0 unspecified atom stereocenters. The number of halogens is 2. The zero-order valence-corrected chi connectivity index (χ0v) is 18.5. The Hall–Kier alpha value is -3.09. The highest BCUT2D eigenvalue weighted by Gasteiger charge is 2.17. The molecule has 1 N–H and O–H groups in total. The molecule has 7 heteroatoms. The second-order valence-electron chi connectivity index (χ2n) is 7.54. The molecule has 1 aliphatic rings. The van der Waals surface area contributed by atoms with Crippen molar-refractivity contribution >= 4 is 11.5 Å². The SMILES string of the molecule is CCOc1ccc(CCNC(=O)C(=COC(F)F)c2ccc3c(c2)CCCC3)cc1OC. The summed E-state index contributed by atoms with van der Waals surface area (Å²) in [6.07, 6.45) is 5.54. The van der Waals surface area contributed by atoms with Crippen LogP contribution in [0.15, 0.2) is 42.7 Å². The molecule has 1 amide bonds. The molecule has 0 saturated heterocycles. The summed E-state index contributed by atoms with van der Waals surface area (Å²) in [6.45, 7) is -0.238. The van der Waals surface area contributed by atoms with Crippen molar-refractivity contribution in [2.24, 2.45) is 0 Å². The molecule has 3 rings (SSSR count). The van der Waals surface area contributed by atoms with Crippen molar-refractivity contribution in [1.82, 2.24) is 5.32 Å². The van der Waals surface area contributed by atoms with Crippen LogP contribution in [0.25, 0.3) is 5.57 Å². The van der Waals surface area contributed by atoms with Crippen LogP contribution >= 0.6 is 0 Å². The lowest BCUT2D eigenvalue weighted by atomic mass is 9.89. The Morgan fingerprint density at radius 2 is 1.88 bits per heavy atom. The van der Waals surface area contributed by atoms with Crippen LogP contribution in [0.3, 0.4) is 0 Å². The van der Waals surface area contributed by atoms with E-state index in [1.807, 2.05) is 37.3 Å². The third-order valence-electron chi connectivity index (χ3n) is 5.42. The molecule has 172 valence electrons. The van der Waals surface area contributed by atoms with Gasteiger partial charge in [0.05, 0.1) is 19.3 Å². The summed E-state index contributed by atoms with van der Waals surface area (Å²) in [5.74, 6) is 0.819. The van der Waals surface area contributed by atoms with Crippen LogP contribution in [0.5, 0.6) is 11.5 Å². The molecular weight excluding hydrogens is 416 g/mol. The number of hydrogen-bond acceptors (Lipinski definition) is 4. The number of alkyl halides is 2. The Morgan fingerprint density at radius 3 is 2.59 bits per heavy atom. The van der Waals surface area contributed by atoms with E-state index >= 15 is 0 Å². The van der Waals surface area contributed by atoms with Gasteiger partial charge in [-0.3, -0.25) is 4.79 Å². The highest BCUT2D eigenvalue weighted by molar-refractivity contribution is 6.19. The number of carbonyl (C=O) groups excluding carboxylic acids is 1. The lowest BCUT2D eigenvalue weighted by Crippen LogP contribution is -2.27. The van der Waals surface area contributed by atoms with Crippen molar-refractivity contribution in [2.45, 2.75) is 45.6 Å². The van der Waals surface area contributed by atoms with Gasteiger partial charge in [0, 0.05) is 6.54 Å². The number of hydrogen-bond donors (Lipinski definition) is 1. The second-order valence-corrected chi connectivity index (χ2v) is 7.54. The van der Waals surface area contributed by atoms with Gasteiger partial charge >= 0.3 is 6.61 Å². The van der Waals surface area contributed by atoms with Crippen molar-refractivity contribution in [1.29, 1.82) is 0 Å². The molecule has 0 radical (unpaired) electrons. The fourth-order valence-corrected chi connectivity index (χ4v) is 3.83. The molecule has 32 heavy (non-hydrogen) atoms. The molecule has 0 saturated carbocycles. The van der Waals surface area contributed by atoms with Gasteiger partial charge in [-0.25, -0.2) is 0 Å². The van der Waals surface area contributed by atoms with Gasteiger partial charge in [0.2, 0.25) is 0 Å². The maximum Gasteiger partial charge on any atom is 0.386 e. The second kappa shape index (κ2) is 11.5. The van der Waals surface area contributed by atoms with E-state index in [0.717, 1.165) is 43.1 Å². The summed E-state index contributed by atoms with van der Waals surface area (Å²) in [7, 11) is 1.57. The molecule has 0 atom stereocenters. The Bertz CT molecular complexity index is 959. The summed E-state index contributed by atoms with van der Waals surface area (Å²) >= 11 is 0. The van der Waals surface area contributed by atoms with Crippen molar-refractivity contribution in [3.8, 4) is 11.5 Å². The first-order valence-corrected chi connectivity index (χ1v) is 10.9. The molecule has 2 aromatic carbocycles. The molecule has 0 bridgehead atoms. The highest BCUT2D eigenvalue weighted by atomic mass is 19.3. The van der Waals surface area contributed by atoms with Gasteiger partial charge in [0.15, 0.2) is 11.5 Å². The lowest BCUT2D eigenvalue weighted by Gasteiger charge is -2.17. The van der Waals surface area contributed by atoms with Crippen LogP contribution in [-0.4, -0.2) is 32.8 Å². The molecule has 1 aliphatic carbocycles. The topological polar surface area (TPSA) is 56.8 Å². The predicted molar refractivity (Wildman–Crippen MR) is 119 cm³/mol. The standard InChI is InChI=1S/C25H29F2NO4/c1-3-31-22-11-8-17(14-23(22)30-2)12-13-28-24(29)21(16-32-25(26)27)20-10-9-18-6-4-5-7-19(18)15-20/h8-11,14-16,25H,3-7,12-13H2,1-2H3,(H,28,29). The van der Waals surface area contributed by atoms with Gasteiger partial charge in [-0.2, -0.15) is 8.78 Å². The number of benzene rings is 2. The minimum atomic E-state index is -2.99. The number of ether oxygens (including phenoxy) is 3. The fraction of sp³-hybridized carbons (Fsp3) is 0.400. The summed E-state index contributed by atoms with van der Waals surface area (Å²) in [6, 6.07) is 11.3. The largest absolute Gasteiger partial charge is 0.493 e. The van der Waals surface area contributed by atoms with E-state index in [4.69, 9.17) is 9.47 Å². The Morgan fingerprint density at radius 1 is 1.09 bits per heavy atom. The first kappa shape index (κ1) is 23.6. The quantitative estimate of drug-likeness (QED) is 0.417. The molecular formula is C25H29F2NO4. The number of aryl methyl sites for hydroxylation is 2. The zero-order chi connectivity index (χ0) is 22.9. The van der Waals surface area contributed by atoms with Crippen LogP contribution in [0.4, 0.5) is 8.78 Å². The Balaban J connectivity index is 1.69. The Labute approximate surface area is 187 Å². The summed E-state index contributed by atoms with van der Waals surface area (Å²) in [4.78, 5) is 12.8. The van der Waals surface area contributed by atoms with E-state index in [1.165, 1.54) is 5.56 Å². The maximum atomic E-state index is 12.8. The van der Waals surface area contributed by atoms with E-state index in [2.05, 4.69) is 10.1 Å². The summed E-state index contributed by atoms with van der Waals surface area (Å²) < 4.78 is 40.6. The van der Waals surface area contributed by atoms with Crippen LogP contribution in [0.2, 0.25) is 0 Å². The van der Waals surface area contributed by atoms with Crippen molar-refractivity contribution in [3.63, 3.8) is 0 Å². The molecule has 0 heterocycles. The fourth-order valence-electron chi connectivity index (χ4n) is 3.83. The first-order chi connectivity index (χ1) is 15.5. The average molecular weight is 446 g/mol. The monoisotopic (exact) mass is 445 g/mol. The van der Waals surface area contributed by atoms with Gasteiger partial charge in [-0.15, -0.1) is 0 Å². The van der Waals surface area contributed by atoms with Crippen LogP contribution in [0, 0.1) is 0 Å². The van der Waals surface area contributed by atoms with E-state index in [9.17, 15) is 13.6 Å². The number of fused-ring (bicyclic) bond motifs is 1. The molecule has 5 nitrogen and oxygen atoms in total. The van der Waals surface area contributed by atoms with E-state index < -0.39 is 12.5 Å². The van der Waals surface area contributed by atoms with Crippen molar-refractivity contribution in [3.05, 3.63) is 64.9 Å². The lowest BCUT2D eigenvalue weighted by molar-refractivity contribution is -0.116. The third-order valence-corrected chi connectivity index (χ3v) is 5.42. The van der Waals surface area contributed by atoms with Gasteiger partial charge in [-0.05, 0) is 73.4 Å². The molecule has 0 spiro atoms. The van der Waals surface area contributed by atoms with Crippen molar-refractivity contribution < 1.29 is 27.8 Å². The average Bonchev–Trinajstić information content (AvgIpc) is 2.80.